The third-order valence-electron chi connectivity index (χ3n) is 5.14. The van der Waals surface area contributed by atoms with Crippen molar-refractivity contribution in [2.24, 2.45) is 0 Å². The molecule has 0 bridgehead atoms. The summed E-state index contributed by atoms with van der Waals surface area (Å²) >= 11 is 4.44. The summed E-state index contributed by atoms with van der Waals surface area (Å²) in [5.41, 5.74) is 4.24. The SMILES string of the molecule is O=C(Cc1ccc(OCc2cccnc2)cc1)N[C@@H](CS)Cc1c[nH]c2ccccc12. The van der Waals surface area contributed by atoms with Crippen molar-refractivity contribution in [2.75, 3.05) is 5.75 Å². The van der Waals surface area contributed by atoms with Crippen molar-refractivity contribution < 1.29 is 9.53 Å². The van der Waals surface area contributed by atoms with Crippen molar-refractivity contribution in [1.29, 1.82) is 0 Å². The van der Waals surface area contributed by atoms with Crippen molar-refractivity contribution in [3.05, 3.63) is 95.9 Å². The zero-order valence-electron chi connectivity index (χ0n) is 17.1. The van der Waals surface area contributed by atoms with Crippen LogP contribution in [0.2, 0.25) is 0 Å². The lowest BCUT2D eigenvalue weighted by Crippen LogP contribution is -2.38. The molecule has 0 radical (unpaired) electrons. The molecule has 0 aliphatic carbocycles. The maximum Gasteiger partial charge on any atom is 0.224 e. The minimum Gasteiger partial charge on any atom is -0.489 e. The Labute approximate surface area is 187 Å². The number of carbonyl (C=O) groups is 1. The maximum absolute atomic E-state index is 12.6. The number of nitrogens with zero attached hydrogens (tertiary/aromatic N) is 1. The lowest BCUT2D eigenvalue weighted by Gasteiger charge is -2.16. The molecule has 0 aliphatic rings. The molecule has 31 heavy (non-hydrogen) atoms. The smallest absolute Gasteiger partial charge is 0.224 e. The van der Waals surface area contributed by atoms with E-state index in [1.54, 1.807) is 12.4 Å². The van der Waals surface area contributed by atoms with Crippen LogP contribution in [0.4, 0.5) is 0 Å². The van der Waals surface area contributed by atoms with Gasteiger partial charge in [0.25, 0.3) is 0 Å². The molecule has 4 aromatic rings. The lowest BCUT2D eigenvalue weighted by atomic mass is 10.1. The maximum atomic E-state index is 12.6. The minimum atomic E-state index is -0.0304. The van der Waals surface area contributed by atoms with E-state index in [1.165, 1.54) is 10.9 Å². The number of thiol groups is 1. The number of hydrogen-bond acceptors (Lipinski definition) is 4. The minimum absolute atomic E-state index is 0.0112. The van der Waals surface area contributed by atoms with Gasteiger partial charge in [0.05, 0.1) is 6.42 Å². The Balaban J connectivity index is 1.30. The zero-order chi connectivity index (χ0) is 21.5. The number of aromatic amines is 1. The third kappa shape index (κ3) is 5.67. The van der Waals surface area contributed by atoms with Gasteiger partial charge >= 0.3 is 0 Å². The lowest BCUT2D eigenvalue weighted by molar-refractivity contribution is -0.121. The molecule has 0 spiro atoms. The van der Waals surface area contributed by atoms with E-state index in [0.717, 1.165) is 28.8 Å². The number of H-pyrrole nitrogens is 1. The molecule has 0 aliphatic heterocycles. The molecule has 0 unspecified atom stereocenters. The highest BCUT2D eigenvalue weighted by atomic mass is 32.1. The number of ether oxygens (including phenoxy) is 1. The first-order chi connectivity index (χ1) is 15.2. The molecule has 0 saturated heterocycles. The van der Waals surface area contributed by atoms with Gasteiger partial charge in [0.15, 0.2) is 0 Å². The van der Waals surface area contributed by atoms with E-state index in [1.807, 2.05) is 54.7 Å². The number of nitrogens with one attached hydrogen (secondary N) is 2. The molecule has 2 N–H and O–H groups in total. The highest BCUT2D eigenvalue weighted by molar-refractivity contribution is 7.80. The molecule has 2 aromatic carbocycles. The second-order valence-electron chi connectivity index (χ2n) is 7.48. The number of fused-ring (bicyclic) bond motifs is 1. The molecule has 0 saturated carbocycles. The van der Waals surface area contributed by atoms with Gasteiger partial charge in [-0.25, -0.2) is 0 Å². The van der Waals surface area contributed by atoms with Crippen molar-refractivity contribution in [3.8, 4) is 5.75 Å². The van der Waals surface area contributed by atoms with Crippen LogP contribution < -0.4 is 10.1 Å². The van der Waals surface area contributed by atoms with E-state index < -0.39 is 0 Å². The van der Waals surface area contributed by atoms with Crippen molar-refractivity contribution in [2.45, 2.75) is 25.5 Å². The van der Waals surface area contributed by atoms with E-state index in [4.69, 9.17) is 4.74 Å². The van der Waals surface area contributed by atoms with Crippen LogP contribution in [-0.4, -0.2) is 27.7 Å². The molecule has 2 aromatic heterocycles. The standard InChI is InChI=1S/C25H25N3O2S/c29-25(28-21(17-31)13-20-15-27-24-6-2-1-5-23(20)24)12-18-7-9-22(10-8-18)30-16-19-4-3-11-26-14-19/h1-11,14-15,21,27,31H,12-13,16-17H2,(H,28,29)/t21-/m1/s1. The van der Waals surface area contributed by atoms with E-state index in [2.05, 4.69) is 40.0 Å². The molecule has 0 fully saturated rings. The number of hydrogen-bond donors (Lipinski definition) is 3. The van der Waals surface area contributed by atoms with Crippen molar-refractivity contribution >= 4 is 29.4 Å². The molecular formula is C25H25N3O2S. The predicted octanol–water partition coefficient (Wildman–Crippen LogP) is 4.34. The predicted molar refractivity (Wildman–Crippen MR) is 127 cm³/mol. The van der Waals surface area contributed by atoms with Gasteiger partial charge in [-0.1, -0.05) is 36.4 Å². The van der Waals surface area contributed by atoms with E-state index in [9.17, 15) is 4.79 Å². The van der Waals surface area contributed by atoms with Crippen LogP contribution in [0.3, 0.4) is 0 Å². The zero-order valence-corrected chi connectivity index (χ0v) is 18.0. The first kappa shape index (κ1) is 21.0. The molecule has 158 valence electrons. The number of amides is 1. The van der Waals surface area contributed by atoms with Gasteiger partial charge in [-0.15, -0.1) is 0 Å². The van der Waals surface area contributed by atoms with Gasteiger partial charge in [-0.05, 0) is 41.8 Å². The number of rotatable bonds is 9. The number of para-hydroxylation sites is 1. The summed E-state index contributed by atoms with van der Waals surface area (Å²) in [6.45, 7) is 0.463. The van der Waals surface area contributed by atoms with Gasteiger partial charge < -0.3 is 15.0 Å². The highest BCUT2D eigenvalue weighted by Crippen LogP contribution is 2.19. The second-order valence-corrected chi connectivity index (χ2v) is 7.85. The monoisotopic (exact) mass is 431 g/mol. The van der Waals surface area contributed by atoms with E-state index in [-0.39, 0.29) is 11.9 Å². The largest absolute Gasteiger partial charge is 0.489 e. The topological polar surface area (TPSA) is 67.0 Å². The van der Waals surface area contributed by atoms with E-state index >= 15 is 0 Å². The fraction of sp³-hybridized carbons (Fsp3) is 0.200. The van der Waals surface area contributed by atoms with Crippen LogP contribution in [0.25, 0.3) is 10.9 Å². The summed E-state index contributed by atoms with van der Waals surface area (Å²) in [6, 6.07) is 19.6. The summed E-state index contributed by atoms with van der Waals surface area (Å²) in [5, 5.41) is 4.30. The van der Waals surface area contributed by atoms with Gasteiger partial charge in [0.2, 0.25) is 5.91 Å². The van der Waals surface area contributed by atoms with Gasteiger partial charge in [0.1, 0.15) is 12.4 Å². The fourth-order valence-corrected chi connectivity index (χ4v) is 3.77. The average molecular weight is 432 g/mol. The Morgan fingerprint density at radius 3 is 2.68 bits per heavy atom. The summed E-state index contributed by atoms with van der Waals surface area (Å²) in [5.74, 6) is 1.33. The Bertz CT molecular complexity index is 1130. The molecular weight excluding hydrogens is 406 g/mol. The summed E-state index contributed by atoms with van der Waals surface area (Å²) in [6.07, 6.45) is 6.59. The quantitative estimate of drug-likeness (QED) is 0.345. The summed E-state index contributed by atoms with van der Waals surface area (Å²) < 4.78 is 5.77. The van der Waals surface area contributed by atoms with Crippen molar-refractivity contribution in [3.63, 3.8) is 0 Å². The molecule has 6 heteroatoms. The number of aromatic nitrogens is 2. The number of carbonyl (C=O) groups excluding carboxylic acids is 1. The highest BCUT2D eigenvalue weighted by Gasteiger charge is 2.14. The average Bonchev–Trinajstić information content (AvgIpc) is 3.21. The number of benzene rings is 2. The van der Waals surface area contributed by atoms with Crippen LogP contribution in [0.15, 0.2) is 79.3 Å². The van der Waals surface area contributed by atoms with Crippen LogP contribution in [0.1, 0.15) is 16.7 Å². The molecule has 1 atom stereocenters. The van der Waals surface area contributed by atoms with Crippen LogP contribution in [0.5, 0.6) is 5.75 Å². The Morgan fingerprint density at radius 1 is 1.06 bits per heavy atom. The summed E-state index contributed by atoms with van der Waals surface area (Å²) in [7, 11) is 0. The van der Waals surface area contributed by atoms with Crippen molar-refractivity contribution in [1.82, 2.24) is 15.3 Å². The first-order valence-electron chi connectivity index (χ1n) is 10.3. The number of pyridine rings is 1. The van der Waals surface area contributed by atoms with Gasteiger partial charge in [-0.3, -0.25) is 9.78 Å². The Hall–Kier alpha value is -3.25. The van der Waals surface area contributed by atoms with Crippen LogP contribution in [0, 0.1) is 0 Å². The van der Waals surface area contributed by atoms with Crippen LogP contribution in [-0.2, 0) is 24.2 Å². The fourth-order valence-electron chi connectivity index (χ4n) is 3.54. The second kappa shape index (κ2) is 10.2. The van der Waals surface area contributed by atoms with E-state index in [0.29, 0.717) is 18.8 Å². The normalized spacial score (nSPS) is 11.9. The molecule has 5 nitrogen and oxygen atoms in total. The summed E-state index contributed by atoms with van der Waals surface area (Å²) in [4.78, 5) is 19.9. The molecule has 1 amide bonds. The molecule has 4 rings (SSSR count). The Kier molecular flexibility index (Phi) is 6.89. The Morgan fingerprint density at radius 2 is 1.90 bits per heavy atom. The van der Waals surface area contributed by atoms with Gasteiger partial charge in [-0.2, -0.15) is 12.6 Å². The first-order valence-corrected chi connectivity index (χ1v) is 10.9. The molecule has 2 heterocycles. The van der Waals surface area contributed by atoms with Gasteiger partial charge in [0, 0.05) is 46.9 Å². The van der Waals surface area contributed by atoms with Crippen LogP contribution >= 0.6 is 12.6 Å². The third-order valence-corrected chi connectivity index (χ3v) is 5.58.